The van der Waals surface area contributed by atoms with Gasteiger partial charge in [-0.25, -0.2) is 4.98 Å². The van der Waals surface area contributed by atoms with Crippen molar-refractivity contribution in [1.29, 1.82) is 0 Å². The van der Waals surface area contributed by atoms with E-state index < -0.39 is 0 Å². The smallest absolute Gasteiger partial charge is 0.273 e. The Morgan fingerprint density at radius 1 is 1.15 bits per heavy atom. The molecule has 4 rings (SSSR count). The van der Waals surface area contributed by atoms with Gasteiger partial charge in [-0.05, 0) is 50.3 Å². The molecule has 4 nitrogen and oxygen atoms in total. The van der Waals surface area contributed by atoms with Crippen molar-refractivity contribution in [3.05, 3.63) is 40.4 Å². The van der Waals surface area contributed by atoms with Crippen LogP contribution in [0.15, 0.2) is 29.6 Å². The number of likely N-dealkylation sites (tertiary alicyclic amines) is 1. The van der Waals surface area contributed by atoms with Crippen molar-refractivity contribution in [1.82, 2.24) is 15.2 Å². The number of nitrogens with zero attached hydrogens (tertiary/aromatic N) is 2. The molecule has 1 amide bonds. The van der Waals surface area contributed by atoms with Crippen LogP contribution < -0.4 is 5.32 Å². The highest BCUT2D eigenvalue weighted by Crippen LogP contribution is 2.28. The highest BCUT2D eigenvalue weighted by atomic mass is 35.5. The van der Waals surface area contributed by atoms with Gasteiger partial charge in [-0.15, -0.1) is 36.2 Å². The zero-order valence-corrected chi connectivity index (χ0v) is 18.1. The van der Waals surface area contributed by atoms with E-state index in [0.717, 1.165) is 49.0 Å². The maximum atomic E-state index is 12.7. The number of halogens is 3. The molecule has 1 aromatic heterocycles. The molecule has 0 spiro atoms. The molecule has 1 aromatic carbocycles. The Kier molecular flexibility index (Phi) is 8.38. The quantitative estimate of drug-likeness (QED) is 0.707. The van der Waals surface area contributed by atoms with Crippen molar-refractivity contribution in [2.75, 3.05) is 19.6 Å². The first-order chi connectivity index (χ1) is 12.2. The van der Waals surface area contributed by atoms with Crippen LogP contribution in [0, 0.1) is 5.92 Å². The second-order valence-corrected chi connectivity index (χ2v) is 8.26. The summed E-state index contributed by atoms with van der Waals surface area (Å²) < 4.78 is 0. The first kappa shape index (κ1) is 22.4. The number of piperidine rings is 1. The van der Waals surface area contributed by atoms with Crippen LogP contribution in [0.5, 0.6) is 0 Å². The summed E-state index contributed by atoms with van der Waals surface area (Å²) >= 11 is 7.43. The van der Waals surface area contributed by atoms with E-state index in [0.29, 0.717) is 16.8 Å². The first-order valence-corrected chi connectivity index (χ1v) is 10.2. The zero-order valence-electron chi connectivity index (χ0n) is 14.9. The third-order valence-corrected chi connectivity index (χ3v) is 6.13. The van der Waals surface area contributed by atoms with Gasteiger partial charge >= 0.3 is 0 Å². The van der Waals surface area contributed by atoms with Gasteiger partial charge in [0, 0.05) is 35.1 Å². The Hall–Kier alpha value is -0.850. The number of amides is 1. The van der Waals surface area contributed by atoms with E-state index in [9.17, 15) is 4.79 Å². The van der Waals surface area contributed by atoms with E-state index in [4.69, 9.17) is 11.6 Å². The number of carbonyl (C=O) groups is 1. The zero-order chi connectivity index (χ0) is 17.2. The molecule has 1 saturated heterocycles. The molecule has 8 heteroatoms. The minimum absolute atomic E-state index is 0. The number of benzene rings is 1. The third kappa shape index (κ3) is 5.81. The van der Waals surface area contributed by atoms with Gasteiger partial charge in [0.1, 0.15) is 10.7 Å². The summed E-state index contributed by atoms with van der Waals surface area (Å²) in [5.41, 5.74) is 1.55. The number of hydrogen-bond donors (Lipinski definition) is 1. The molecule has 2 fully saturated rings. The molecule has 1 N–H and O–H groups in total. The molecule has 1 aliphatic carbocycles. The van der Waals surface area contributed by atoms with Crippen LogP contribution in [-0.2, 0) is 0 Å². The van der Waals surface area contributed by atoms with Crippen molar-refractivity contribution in [2.45, 2.75) is 31.7 Å². The molecule has 1 saturated carbocycles. The number of carbonyl (C=O) groups excluding carboxylic acids is 1. The van der Waals surface area contributed by atoms with Crippen molar-refractivity contribution in [2.24, 2.45) is 5.92 Å². The number of thiazole rings is 1. The Bertz CT molecular complexity index is 741. The van der Waals surface area contributed by atoms with E-state index in [1.54, 1.807) is 0 Å². The van der Waals surface area contributed by atoms with Gasteiger partial charge < -0.3 is 10.2 Å². The molecular formula is C19H24Cl3N3OS. The fraction of sp³-hybridized carbons (Fsp3) is 0.474. The molecule has 0 bridgehead atoms. The van der Waals surface area contributed by atoms with Gasteiger partial charge in [0.05, 0.1) is 0 Å². The van der Waals surface area contributed by atoms with Crippen LogP contribution in [0.3, 0.4) is 0 Å². The van der Waals surface area contributed by atoms with Gasteiger partial charge in [0.2, 0.25) is 0 Å². The minimum Gasteiger partial charge on any atom is -0.337 e. The summed E-state index contributed by atoms with van der Waals surface area (Å²) in [7, 11) is 0. The average Bonchev–Trinajstić information content (AvgIpc) is 3.35. The molecule has 2 aromatic rings. The Balaban J connectivity index is 0.00000131. The van der Waals surface area contributed by atoms with Gasteiger partial charge in [0.15, 0.2) is 0 Å². The highest BCUT2D eigenvalue weighted by molar-refractivity contribution is 7.13. The summed E-state index contributed by atoms with van der Waals surface area (Å²) in [5.74, 6) is 0.957. The maximum Gasteiger partial charge on any atom is 0.273 e. The topological polar surface area (TPSA) is 45.2 Å². The molecule has 148 valence electrons. The summed E-state index contributed by atoms with van der Waals surface area (Å²) in [5, 5.41) is 7.08. The third-order valence-electron chi connectivity index (χ3n) is 4.99. The van der Waals surface area contributed by atoms with Gasteiger partial charge in [-0.3, -0.25) is 4.79 Å². The number of aromatic nitrogens is 1. The second-order valence-electron chi connectivity index (χ2n) is 6.96. The van der Waals surface area contributed by atoms with Crippen molar-refractivity contribution in [3.63, 3.8) is 0 Å². The lowest BCUT2D eigenvalue weighted by molar-refractivity contribution is 0.0700. The van der Waals surface area contributed by atoms with Crippen molar-refractivity contribution >= 4 is 53.7 Å². The van der Waals surface area contributed by atoms with E-state index >= 15 is 0 Å². The van der Waals surface area contributed by atoms with Crippen LogP contribution in [0.1, 0.15) is 36.2 Å². The van der Waals surface area contributed by atoms with Crippen LogP contribution in [0.25, 0.3) is 10.6 Å². The molecular weight excluding hydrogens is 425 g/mol. The monoisotopic (exact) mass is 447 g/mol. The van der Waals surface area contributed by atoms with Crippen LogP contribution in [-0.4, -0.2) is 41.5 Å². The van der Waals surface area contributed by atoms with Gasteiger partial charge in [-0.1, -0.05) is 23.7 Å². The Morgan fingerprint density at radius 2 is 1.81 bits per heavy atom. The van der Waals surface area contributed by atoms with Crippen LogP contribution >= 0.6 is 47.8 Å². The fourth-order valence-corrected chi connectivity index (χ4v) is 4.13. The molecule has 0 unspecified atom stereocenters. The van der Waals surface area contributed by atoms with Gasteiger partial charge in [-0.2, -0.15) is 0 Å². The number of nitrogens with one attached hydrogen (secondary N) is 1. The normalized spacial score (nSPS) is 17.1. The lowest BCUT2D eigenvalue weighted by Gasteiger charge is -2.32. The van der Waals surface area contributed by atoms with Gasteiger partial charge in [0.25, 0.3) is 5.91 Å². The summed E-state index contributed by atoms with van der Waals surface area (Å²) in [6.45, 7) is 2.78. The van der Waals surface area contributed by atoms with E-state index in [2.05, 4.69) is 10.3 Å². The standard InChI is InChI=1S/C19H22ClN3OS.2ClH/c20-15-5-3-14(4-6-15)18-22-17(12-25-18)19(24)23-9-7-16(8-10-23)21-11-13-1-2-13;;/h3-6,12-13,16,21H,1-2,7-11H2;2*1H. The van der Waals surface area contributed by atoms with E-state index in [1.807, 2.05) is 34.5 Å². The molecule has 0 radical (unpaired) electrons. The lowest BCUT2D eigenvalue weighted by atomic mass is 10.0. The first-order valence-electron chi connectivity index (χ1n) is 8.93. The molecule has 0 atom stereocenters. The largest absolute Gasteiger partial charge is 0.337 e. The van der Waals surface area contributed by atoms with E-state index in [1.165, 1.54) is 24.2 Å². The minimum atomic E-state index is 0. The molecule has 1 aliphatic heterocycles. The molecule has 2 heterocycles. The molecule has 27 heavy (non-hydrogen) atoms. The summed E-state index contributed by atoms with van der Waals surface area (Å²) in [6, 6.07) is 8.13. The van der Waals surface area contributed by atoms with E-state index in [-0.39, 0.29) is 30.7 Å². The average molecular weight is 449 g/mol. The van der Waals surface area contributed by atoms with Crippen molar-refractivity contribution in [3.8, 4) is 10.6 Å². The van der Waals surface area contributed by atoms with Crippen LogP contribution in [0.2, 0.25) is 5.02 Å². The second kappa shape index (κ2) is 10.1. The SMILES string of the molecule is Cl.Cl.O=C(c1csc(-c2ccc(Cl)cc2)n1)N1CCC(NCC2CC2)CC1. The Morgan fingerprint density at radius 3 is 2.44 bits per heavy atom. The molecule has 2 aliphatic rings. The number of hydrogen-bond acceptors (Lipinski definition) is 4. The maximum absolute atomic E-state index is 12.7. The van der Waals surface area contributed by atoms with Crippen molar-refractivity contribution < 1.29 is 4.79 Å². The summed E-state index contributed by atoms with van der Waals surface area (Å²) in [6.07, 6.45) is 4.83. The summed E-state index contributed by atoms with van der Waals surface area (Å²) in [4.78, 5) is 19.2. The van der Waals surface area contributed by atoms with Crippen LogP contribution in [0.4, 0.5) is 0 Å². The predicted octanol–water partition coefficient (Wildman–Crippen LogP) is 4.91. The Labute approximate surface area is 181 Å². The lowest BCUT2D eigenvalue weighted by Crippen LogP contribution is -2.45. The number of rotatable bonds is 5. The fourth-order valence-electron chi connectivity index (χ4n) is 3.20. The highest BCUT2D eigenvalue weighted by Gasteiger charge is 2.27. The predicted molar refractivity (Wildman–Crippen MR) is 117 cm³/mol.